The Morgan fingerprint density at radius 2 is 2.19 bits per heavy atom. The van der Waals surface area contributed by atoms with E-state index >= 15 is 0 Å². The predicted molar refractivity (Wildman–Crippen MR) is 67.7 cm³/mol. The Morgan fingerprint density at radius 3 is 2.75 bits per heavy atom. The zero-order valence-corrected chi connectivity index (χ0v) is 11.2. The first kappa shape index (κ1) is 12.1. The number of hydrogen-bond acceptors (Lipinski definition) is 1. The molecule has 2 atom stereocenters. The summed E-state index contributed by atoms with van der Waals surface area (Å²) in [5, 5.41) is 0. The van der Waals surface area contributed by atoms with E-state index in [9.17, 15) is 4.39 Å². The molecule has 0 spiro atoms. The predicted octanol–water partition coefficient (Wildman–Crippen LogP) is 3.50. The molecule has 2 unspecified atom stereocenters. The van der Waals surface area contributed by atoms with Crippen molar-refractivity contribution in [3.63, 3.8) is 0 Å². The summed E-state index contributed by atoms with van der Waals surface area (Å²) in [5.74, 6) is 0.378. The molecule has 1 saturated carbocycles. The van der Waals surface area contributed by atoms with Crippen LogP contribution in [0.2, 0.25) is 0 Å². The van der Waals surface area contributed by atoms with Crippen LogP contribution in [0, 0.1) is 17.2 Å². The second-order valence-corrected chi connectivity index (χ2v) is 6.26. The van der Waals surface area contributed by atoms with Crippen molar-refractivity contribution in [3.05, 3.63) is 34.1 Å². The molecule has 3 heteroatoms. The summed E-state index contributed by atoms with van der Waals surface area (Å²) in [7, 11) is 0. The van der Waals surface area contributed by atoms with E-state index in [0.29, 0.717) is 11.3 Å². The highest BCUT2D eigenvalue weighted by Gasteiger charge is 2.48. The Hall–Kier alpha value is -0.410. The minimum Gasteiger partial charge on any atom is -0.327 e. The van der Waals surface area contributed by atoms with E-state index in [1.165, 1.54) is 12.5 Å². The molecule has 0 radical (unpaired) electrons. The van der Waals surface area contributed by atoms with Gasteiger partial charge in [0.25, 0.3) is 0 Å². The van der Waals surface area contributed by atoms with E-state index in [4.69, 9.17) is 5.73 Å². The number of nitrogens with two attached hydrogens (primary N) is 1. The highest BCUT2D eigenvalue weighted by Crippen LogP contribution is 2.53. The van der Waals surface area contributed by atoms with Crippen LogP contribution in [0.1, 0.15) is 25.8 Å². The van der Waals surface area contributed by atoms with E-state index in [1.54, 1.807) is 12.1 Å². The van der Waals surface area contributed by atoms with Crippen LogP contribution in [-0.2, 0) is 6.42 Å². The molecule has 0 amide bonds. The van der Waals surface area contributed by atoms with E-state index < -0.39 is 0 Å². The van der Waals surface area contributed by atoms with Crippen molar-refractivity contribution < 1.29 is 4.39 Å². The van der Waals surface area contributed by atoms with E-state index in [0.717, 1.165) is 16.5 Å². The Morgan fingerprint density at radius 1 is 1.56 bits per heavy atom. The lowest BCUT2D eigenvalue weighted by Crippen LogP contribution is -2.27. The topological polar surface area (TPSA) is 26.0 Å². The maximum atomic E-state index is 13.1. The second kappa shape index (κ2) is 4.11. The maximum absolute atomic E-state index is 13.1. The first-order valence-corrected chi connectivity index (χ1v) is 6.39. The zero-order valence-electron chi connectivity index (χ0n) is 9.63. The molecule has 0 aliphatic heterocycles. The van der Waals surface area contributed by atoms with Gasteiger partial charge in [-0.25, -0.2) is 4.39 Å². The molecular formula is C13H17BrFN. The summed E-state index contributed by atoms with van der Waals surface area (Å²) in [6.07, 6.45) is 1.92. The van der Waals surface area contributed by atoms with E-state index in [2.05, 4.69) is 29.8 Å². The molecule has 2 rings (SSSR count). The van der Waals surface area contributed by atoms with Crippen LogP contribution in [0.5, 0.6) is 0 Å². The standard InChI is InChI=1S/C13H17BrFN/c1-13(2)7-10(13)12(16)6-8-5-9(15)3-4-11(8)14/h3-5,10,12H,6-7,16H2,1-2H3. The van der Waals surface area contributed by atoms with Crippen molar-refractivity contribution in [1.82, 2.24) is 0 Å². The highest BCUT2D eigenvalue weighted by atomic mass is 79.9. The van der Waals surface area contributed by atoms with Gasteiger partial charge in [-0.3, -0.25) is 0 Å². The van der Waals surface area contributed by atoms with Crippen LogP contribution in [-0.4, -0.2) is 6.04 Å². The molecule has 0 heterocycles. The molecule has 2 N–H and O–H groups in total. The summed E-state index contributed by atoms with van der Waals surface area (Å²) in [5.41, 5.74) is 7.50. The molecule has 0 saturated heterocycles. The van der Waals surface area contributed by atoms with Gasteiger partial charge in [0.2, 0.25) is 0 Å². The first-order valence-electron chi connectivity index (χ1n) is 5.59. The Labute approximate surface area is 104 Å². The Balaban J connectivity index is 2.06. The van der Waals surface area contributed by atoms with Crippen LogP contribution in [0.4, 0.5) is 4.39 Å². The average Bonchev–Trinajstić information content (AvgIpc) is 2.82. The third-order valence-corrected chi connectivity index (χ3v) is 4.34. The first-order chi connectivity index (χ1) is 7.40. The fourth-order valence-electron chi connectivity index (χ4n) is 2.33. The summed E-state index contributed by atoms with van der Waals surface area (Å²) in [6, 6.07) is 4.91. The lowest BCUT2D eigenvalue weighted by Gasteiger charge is -2.14. The normalized spacial score (nSPS) is 24.2. The molecule has 1 nitrogen and oxygen atoms in total. The lowest BCUT2D eigenvalue weighted by atomic mass is 9.98. The number of rotatable bonds is 3. The minimum atomic E-state index is -0.194. The van der Waals surface area contributed by atoms with E-state index in [1.807, 2.05) is 0 Å². The van der Waals surface area contributed by atoms with Crippen LogP contribution in [0.3, 0.4) is 0 Å². The van der Waals surface area contributed by atoms with Crippen LogP contribution >= 0.6 is 15.9 Å². The molecule has 0 aromatic heterocycles. The Kier molecular flexibility index (Phi) is 3.10. The van der Waals surface area contributed by atoms with Crippen molar-refractivity contribution in [2.75, 3.05) is 0 Å². The molecule has 0 bridgehead atoms. The summed E-state index contributed by atoms with van der Waals surface area (Å²) >= 11 is 3.43. The van der Waals surface area contributed by atoms with E-state index in [-0.39, 0.29) is 11.9 Å². The Bertz CT molecular complexity index is 403. The maximum Gasteiger partial charge on any atom is 0.123 e. The van der Waals surface area contributed by atoms with Gasteiger partial charge in [0.05, 0.1) is 0 Å². The van der Waals surface area contributed by atoms with Gasteiger partial charge in [-0.1, -0.05) is 29.8 Å². The van der Waals surface area contributed by atoms with Crippen LogP contribution in [0.25, 0.3) is 0 Å². The monoisotopic (exact) mass is 285 g/mol. The molecule has 1 aliphatic carbocycles. The van der Waals surface area contributed by atoms with Crippen LogP contribution < -0.4 is 5.73 Å². The molecule has 1 aliphatic rings. The molecule has 88 valence electrons. The van der Waals surface area contributed by atoms with Gasteiger partial charge in [0, 0.05) is 10.5 Å². The summed E-state index contributed by atoms with van der Waals surface area (Å²) in [4.78, 5) is 0. The lowest BCUT2D eigenvalue weighted by molar-refractivity contribution is 0.475. The fraction of sp³-hybridized carbons (Fsp3) is 0.538. The minimum absolute atomic E-state index is 0.132. The highest BCUT2D eigenvalue weighted by molar-refractivity contribution is 9.10. The van der Waals surface area contributed by atoms with Gasteiger partial charge in [0.15, 0.2) is 0 Å². The largest absolute Gasteiger partial charge is 0.327 e. The van der Waals surface area contributed by atoms with Crippen molar-refractivity contribution in [2.45, 2.75) is 32.7 Å². The van der Waals surface area contributed by atoms with Gasteiger partial charge < -0.3 is 5.73 Å². The number of hydrogen-bond donors (Lipinski definition) is 1. The van der Waals surface area contributed by atoms with Crippen molar-refractivity contribution >= 4 is 15.9 Å². The van der Waals surface area contributed by atoms with Gasteiger partial charge in [-0.05, 0) is 47.9 Å². The smallest absolute Gasteiger partial charge is 0.123 e. The number of halogens is 2. The van der Waals surface area contributed by atoms with Crippen molar-refractivity contribution in [2.24, 2.45) is 17.1 Å². The third-order valence-electron chi connectivity index (χ3n) is 3.57. The number of benzene rings is 1. The SMILES string of the molecule is CC1(C)CC1C(N)Cc1cc(F)ccc1Br. The van der Waals surface area contributed by atoms with Gasteiger partial charge >= 0.3 is 0 Å². The van der Waals surface area contributed by atoms with Crippen molar-refractivity contribution in [1.29, 1.82) is 0 Å². The van der Waals surface area contributed by atoms with Crippen LogP contribution in [0.15, 0.2) is 22.7 Å². The molecular weight excluding hydrogens is 269 g/mol. The second-order valence-electron chi connectivity index (χ2n) is 5.40. The fourth-order valence-corrected chi connectivity index (χ4v) is 2.74. The zero-order chi connectivity index (χ0) is 11.9. The molecule has 1 aromatic carbocycles. The molecule has 1 fully saturated rings. The summed E-state index contributed by atoms with van der Waals surface area (Å²) in [6.45, 7) is 4.47. The molecule has 1 aromatic rings. The third kappa shape index (κ3) is 2.46. The van der Waals surface area contributed by atoms with Gasteiger partial charge in [-0.2, -0.15) is 0 Å². The van der Waals surface area contributed by atoms with Gasteiger partial charge in [0.1, 0.15) is 5.82 Å². The molecule has 16 heavy (non-hydrogen) atoms. The van der Waals surface area contributed by atoms with Crippen molar-refractivity contribution in [3.8, 4) is 0 Å². The average molecular weight is 286 g/mol. The quantitative estimate of drug-likeness (QED) is 0.904. The van der Waals surface area contributed by atoms with Gasteiger partial charge in [-0.15, -0.1) is 0 Å². The summed E-state index contributed by atoms with van der Waals surface area (Å²) < 4.78 is 14.1.